The van der Waals surface area contributed by atoms with Crippen molar-refractivity contribution in [1.29, 1.82) is 0 Å². The number of ether oxygens (including phenoxy) is 1. The predicted molar refractivity (Wildman–Crippen MR) is 106 cm³/mol. The normalized spacial score (nSPS) is 10.9. The van der Waals surface area contributed by atoms with Crippen LogP contribution in [0.25, 0.3) is 6.08 Å². The molecule has 1 heterocycles. The first-order valence-electron chi connectivity index (χ1n) is 8.80. The van der Waals surface area contributed by atoms with Gasteiger partial charge in [0.15, 0.2) is 0 Å². The fourth-order valence-corrected chi connectivity index (χ4v) is 2.40. The van der Waals surface area contributed by atoms with Crippen molar-refractivity contribution in [2.24, 2.45) is 0 Å². The number of rotatable bonds is 8. The Morgan fingerprint density at radius 3 is 2.32 bits per heavy atom. The molecule has 0 unspecified atom stereocenters. The van der Waals surface area contributed by atoms with Crippen molar-refractivity contribution in [2.75, 3.05) is 13.2 Å². The SMILES string of the molecule is O=C(NCCOc1ccccc1)/C(=C/c1ccco1)NC(=O)c1ccccc1. The molecular weight excluding hydrogens is 356 g/mol. The third-order valence-corrected chi connectivity index (χ3v) is 3.76. The van der Waals surface area contributed by atoms with E-state index in [2.05, 4.69) is 10.6 Å². The third-order valence-electron chi connectivity index (χ3n) is 3.76. The molecule has 0 radical (unpaired) electrons. The van der Waals surface area contributed by atoms with Crippen LogP contribution in [0.15, 0.2) is 89.2 Å². The molecule has 0 fully saturated rings. The Hall–Kier alpha value is -3.80. The molecule has 0 aliphatic carbocycles. The lowest BCUT2D eigenvalue weighted by atomic mass is 10.2. The Labute approximate surface area is 162 Å². The lowest BCUT2D eigenvalue weighted by Gasteiger charge is -2.11. The van der Waals surface area contributed by atoms with Gasteiger partial charge in [-0.25, -0.2) is 0 Å². The molecule has 28 heavy (non-hydrogen) atoms. The summed E-state index contributed by atoms with van der Waals surface area (Å²) in [6.45, 7) is 0.584. The quantitative estimate of drug-likeness (QED) is 0.467. The van der Waals surface area contributed by atoms with E-state index in [-0.39, 0.29) is 18.1 Å². The second kappa shape index (κ2) is 9.78. The zero-order valence-electron chi connectivity index (χ0n) is 15.1. The van der Waals surface area contributed by atoms with Crippen LogP contribution in [0.1, 0.15) is 16.1 Å². The Balaban J connectivity index is 1.61. The van der Waals surface area contributed by atoms with Crippen molar-refractivity contribution in [3.63, 3.8) is 0 Å². The Morgan fingerprint density at radius 2 is 1.64 bits per heavy atom. The molecule has 0 atom stereocenters. The zero-order chi connectivity index (χ0) is 19.6. The molecule has 0 aliphatic heterocycles. The predicted octanol–water partition coefficient (Wildman–Crippen LogP) is 3.25. The summed E-state index contributed by atoms with van der Waals surface area (Å²) in [5.41, 5.74) is 0.538. The molecule has 0 saturated heterocycles. The first kappa shape index (κ1) is 19.0. The molecular formula is C22H20N2O4. The minimum absolute atomic E-state index is 0.0866. The van der Waals surface area contributed by atoms with Gasteiger partial charge < -0.3 is 19.8 Å². The van der Waals surface area contributed by atoms with Crippen molar-refractivity contribution < 1.29 is 18.7 Å². The fraction of sp³-hybridized carbons (Fsp3) is 0.0909. The van der Waals surface area contributed by atoms with Gasteiger partial charge in [-0.15, -0.1) is 0 Å². The lowest BCUT2D eigenvalue weighted by Crippen LogP contribution is -2.36. The average molecular weight is 376 g/mol. The zero-order valence-corrected chi connectivity index (χ0v) is 15.1. The maximum atomic E-state index is 12.6. The van der Waals surface area contributed by atoms with E-state index in [9.17, 15) is 9.59 Å². The number of carbonyl (C=O) groups excluding carboxylic acids is 2. The van der Waals surface area contributed by atoms with Crippen molar-refractivity contribution in [3.8, 4) is 5.75 Å². The van der Waals surface area contributed by atoms with Crippen molar-refractivity contribution in [1.82, 2.24) is 10.6 Å². The van der Waals surface area contributed by atoms with Gasteiger partial charge in [0.1, 0.15) is 23.8 Å². The maximum absolute atomic E-state index is 12.6. The van der Waals surface area contributed by atoms with E-state index in [1.165, 1.54) is 12.3 Å². The summed E-state index contributed by atoms with van der Waals surface area (Å²) in [5.74, 6) is 0.367. The van der Waals surface area contributed by atoms with E-state index in [0.29, 0.717) is 17.9 Å². The molecule has 6 heteroatoms. The Morgan fingerprint density at radius 1 is 0.929 bits per heavy atom. The molecule has 6 nitrogen and oxygen atoms in total. The van der Waals surface area contributed by atoms with Crippen LogP contribution in [-0.2, 0) is 4.79 Å². The number of furan rings is 1. The van der Waals surface area contributed by atoms with Crippen LogP contribution in [0.5, 0.6) is 5.75 Å². The Kier molecular flexibility index (Phi) is 6.62. The topological polar surface area (TPSA) is 80.6 Å². The van der Waals surface area contributed by atoms with Gasteiger partial charge in [-0.2, -0.15) is 0 Å². The summed E-state index contributed by atoms with van der Waals surface area (Å²) in [6, 6.07) is 21.4. The molecule has 2 N–H and O–H groups in total. The van der Waals surface area contributed by atoms with Crippen molar-refractivity contribution >= 4 is 17.9 Å². The summed E-state index contributed by atoms with van der Waals surface area (Å²) >= 11 is 0. The molecule has 1 aromatic heterocycles. The highest BCUT2D eigenvalue weighted by atomic mass is 16.5. The van der Waals surface area contributed by atoms with Crippen LogP contribution < -0.4 is 15.4 Å². The summed E-state index contributed by atoms with van der Waals surface area (Å²) in [4.78, 5) is 25.0. The van der Waals surface area contributed by atoms with Crippen LogP contribution in [0, 0.1) is 0 Å². The van der Waals surface area contributed by atoms with Gasteiger partial charge in [0, 0.05) is 11.6 Å². The number of amides is 2. The number of para-hydroxylation sites is 1. The highest BCUT2D eigenvalue weighted by molar-refractivity contribution is 6.05. The molecule has 0 aliphatic rings. The van der Waals surface area contributed by atoms with E-state index in [1.807, 2.05) is 36.4 Å². The average Bonchev–Trinajstić information content (AvgIpc) is 3.25. The highest BCUT2D eigenvalue weighted by Crippen LogP contribution is 2.09. The second-order valence-corrected chi connectivity index (χ2v) is 5.81. The van der Waals surface area contributed by atoms with Gasteiger partial charge in [-0.3, -0.25) is 9.59 Å². The van der Waals surface area contributed by atoms with Crippen molar-refractivity contribution in [3.05, 3.63) is 96.1 Å². The largest absolute Gasteiger partial charge is 0.492 e. The second-order valence-electron chi connectivity index (χ2n) is 5.81. The third kappa shape index (κ3) is 5.60. The van der Waals surface area contributed by atoms with Crippen LogP contribution >= 0.6 is 0 Å². The highest BCUT2D eigenvalue weighted by Gasteiger charge is 2.15. The molecule has 2 amide bonds. The summed E-state index contributed by atoms with van der Waals surface area (Å²) in [6.07, 6.45) is 2.97. The molecule has 3 aromatic rings. The maximum Gasteiger partial charge on any atom is 0.268 e. The lowest BCUT2D eigenvalue weighted by molar-refractivity contribution is -0.117. The fourth-order valence-electron chi connectivity index (χ4n) is 2.40. The van der Waals surface area contributed by atoms with Crippen molar-refractivity contribution in [2.45, 2.75) is 0 Å². The molecule has 3 rings (SSSR count). The van der Waals surface area contributed by atoms with Crippen LogP contribution in [0.3, 0.4) is 0 Å². The first-order valence-corrected chi connectivity index (χ1v) is 8.80. The van der Waals surface area contributed by atoms with E-state index in [0.717, 1.165) is 5.75 Å². The van der Waals surface area contributed by atoms with E-state index in [1.54, 1.807) is 36.4 Å². The van der Waals surface area contributed by atoms with Crippen LogP contribution in [0.2, 0.25) is 0 Å². The smallest absolute Gasteiger partial charge is 0.268 e. The van der Waals surface area contributed by atoms with E-state index < -0.39 is 5.91 Å². The number of nitrogens with one attached hydrogen (secondary N) is 2. The van der Waals surface area contributed by atoms with Gasteiger partial charge in [-0.05, 0) is 36.4 Å². The van der Waals surface area contributed by atoms with Crippen LogP contribution in [-0.4, -0.2) is 25.0 Å². The molecule has 0 bridgehead atoms. The van der Waals surface area contributed by atoms with Gasteiger partial charge in [0.2, 0.25) is 0 Å². The van der Waals surface area contributed by atoms with Gasteiger partial charge in [0.05, 0.1) is 12.8 Å². The van der Waals surface area contributed by atoms with Gasteiger partial charge >= 0.3 is 0 Å². The minimum Gasteiger partial charge on any atom is -0.492 e. The minimum atomic E-state index is -0.433. The first-order chi connectivity index (χ1) is 13.7. The molecule has 2 aromatic carbocycles. The molecule has 142 valence electrons. The number of hydrogen-bond acceptors (Lipinski definition) is 4. The summed E-state index contributed by atoms with van der Waals surface area (Å²) in [5, 5.41) is 5.37. The van der Waals surface area contributed by atoms with Gasteiger partial charge in [0.25, 0.3) is 11.8 Å². The monoisotopic (exact) mass is 376 g/mol. The van der Waals surface area contributed by atoms with Gasteiger partial charge in [-0.1, -0.05) is 36.4 Å². The standard InChI is InChI=1S/C22H20N2O4/c25-21(17-8-3-1-4-9-17)24-20(16-19-12-7-14-27-19)22(26)23-13-15-28-18-10-5-2-6-11-18/h1-12,14,16H,13,15H2,(H,23,26)(H,24,25)/b20-16-. The van der Waals surface area contributed by atoms with E-state index >= 15 is 0 Å². The number of benzene rings is 2. The number of carbonyl (C=O) groups is 2. The molecule has 0 saturated carbocycles. The Bertz CT molecular complexity index is 920. The van der Waals surface area contributed by atoms with Crippen LogP contribution in [0.4, 0.5) is 0 Å². The molecule has 0 spiro atoms. The summed E-state index contributed by atoms with van der Waals surface area (Å²) < 4.78 is 10.8. The van der Waals surface area contributed by atoms with E-state index in [4.69, 9.17) is 9.15 Å². The number of hydrogen-bond donors (Lipinski definition) is 2. The summed E-state index contributed by atoms with van der Waals surface area (Å²) in [7, 11) is 0.